The maximum Gasteiger partial charge on any atom is 0.246 e. The van der Waals surface area contributed by atoms with Crippen LogP contribution in [0, 0.1) is 0 Å². The van der Waals surface area contributed by atoms with E-state index in [0.717, 1.165) is 28.3 Å². The number of rotatable bonds is 22. The lowest BCUT2D eigenvalue weighted by molar-refractivity contribution is -0.143. The Morgan fingerprint density at radius 2 is 1.41 bits per heavy atom. The van der Waals surface area contributed by atoms with Gasteiger partial charge < -0.3 is 43.4 Å². The number of carbonyl (C=O) groups excluding carboxylic acids is 6. The minimum Gasteiger partial charge on any atom is -0.370 e. The second kappa shape index (κ2) is 23.6. The SMILES string of the molecule is CCCCC(=O)NC1(C(=O)NC(Cc2ccccc2)C(=O)NC(CCCN=C(N)N)C(=O)N(C)C(Cc2ccc3ccccc3c2)C(=O)NCC(N)=O)CCC(c2ccccc2)CC1. The van der Waals surface area contributed by atoms with Crippen LogP contribution in [-0.2, 0) is 41.6 Å². The van der Waals surface area contributed by atoms with Gasteiger partial charge in [0.15, 0.2) is 5.96 Å². The number of fused-ring (bicyclic) bond motifs is 1. The van der Waals surface area contributed by atoms with Gasteiger partial charge in [-0.25, -0.2) is 0 Å². The van der Waals surface area contributed by atoms with E-state index in [2.05, 4.69) is 38.4 Å². The highest BCUT2D eigenvalue weighted by Gasteiger charge is 2.45. The van der Waals surface area contributed by atoms with Crippen molar-refractivity contribution in [2.75, 3.05) is 20.1 Å². The molecule has 15 heteroatoms. The van der Waals surface area contributed by atoms with Crippen LogP contribution in [0.15, 0.2) is 108 Å². The van der Waals surface area contributed by atoms with Crippen LogP contribution < -0.4 is 38.5 Å². The number of amides is 6. The summed E-state index contributed by atoms with van der Waals surface area (Å²) in [5.41, 5.74) is 18.0. The predicted molar refractivity (Wildman–Crippen MR) is 248 cm³/mol. The van der Waals surface area contributed by atoms with Crippen molar-refractivity contribution in [2.45, 2.75) is 107 Å². The molecule has 0 aliphatic heterocycles. The van der Waals surface area contributed by atoms with Crippen LogP contribution in [-0.4, -0.2) is 90.1 Å². The number of primary amides is 1. The van der Waals surface area contributed by atoms with E-state index in [4.69, 9.17) is 17.2 Å². The summed E-state index contributed by atoms with van der Waals surface area (Å²) in [6, 6.07) is 29.3. The van der Waals surface area contributed by atoms with Crippen molar-refractivity contribution in [2.24, 2.45) is 22.2 Å². The van der Waals surface area contributed by atoms with Crippen LogP contribution in [0.4, 0.5) is 0 Å². The Kier molecular flexibility index (Phi) is 17.8. The number of guanidine groups is 1. The molecule has 64 heavy (non-hydrogen) atoms. The summed E-state index contributed by atoms with van der Waals surface area (Å²) < 4.78 is 0. The van der Waals surface area contributed by atoms with Gasteiger partial charge in [-0.2, -0.15) is 0 Å². The van der Waals surface area contributed by atoms with Crippen molar-refractivity contribution >= 4 is 52.2 Å². The van der Waals surface area contributed by atoms with Crippen molar-refractivity contribution in [1.29, 1.82) is 0 Å². The zero-order valence-electron chi connectivity index (χ0n) is 36.9. The van der Waals surface area contributed by atoms with Gasteiger partial charge in [0.1, 0.15) is 23.7 Å². The molecule has 3 unspecified atom stereocenters. The van der Waals surface area contributed by atoms with E-state index in [9.17, 15) is 28.8 Å². The number of aliphatic imine (C=N–C) groups is 1. The second-order valence-corrected chi connectivity index (χ2v) is 16.7. The monoisotopic (exact) mass is 873 g/mol. The molecule has 0 bridgehead atoms. The van der Waals surface area contributed by atoms with Crippen molar-refractivity contribution < 1.29 is 28.8 Å². The molecule has 1 saturated carbocycles. The Hall–Kier alpha value is -6.77. The summed E-state index contributed by atoms with van der Waals surface area (Å²) >= 11 is 0. The van der Waals surface area contributed by atoms with E-state index in [1.54, 1.807) is 0 Å². The largest absolute Gasteiger partial charge is 0.370 e. The summed E-state index contributed by atoms with van der Waals surface area (Å²) in [6.07, 6.45) is 4.27. The van der Waals surface area contributed by atoms with Gasteiger partial charge in [-0.05, 0) is 78.3 Å². The minimum absolute atomic E-state index is 0.0710. The molecule has 0 saturated heterocycles. The predicted octanol–water partition coefficient (Wildman–Crippen LogP) is 3.48. The Labute approximate surface area is 375 Å². The van der Waals surface area contributed by atoms with Gasteiger partial charge in [-0.3, -0.25) is 33.8 Å². The maximum atomic E-state index is 14.7. The van der Waals surface area contributed by atoms with Crippen LogP contribution >= 0.6 is 0 Å². The Bertz CT molecular complexity index is 2240. The molecule has 4 aromatic carbocycles. The van der Waals surface area contributed by atoms with Crippen molar-refractivity contribution in [3.8, 4) is 0 Å². The quantitative estimate of drug-likeness (QED) is 0.0350. The summed E-state index contributed by atoms with van der Waals surface area (Å²) in [4.78, 5) is 88.2. The van der Waals surface area contributed by atoms with Crippen molar-refractivity contribution in [3.63, 3.8) is 0 Å². The van der Waals surface area contributed by atoms with Gasteiger partial charge in [-0.15, -0.1) is 0 Å². The highest BCUT2D eigenvalue weighted by Crippen LogP contribution is 2.38. The molecule has 0 spiro atoms. The summed E-state index contributed by atoms with van der Waals surface area (Å²) in [7, 11) is 1.47. The molecule has 1 fully saturated rings. The minimum atomic E-state index is -1.27. The molecule has 3 atom stereocenters. The van der Waals surface area contributed by atoms with Crippen molar-refractivity contribution in [1.82, 2.24) is 26.2 Å². The first-order valence-corrected chi connectivity index (χ1v) is 22.2. The van der Waals surface area contributed by atoms with Crippen LogP contribution in [0.2, 0.25) is 0 Å². The number of nitrogens with two attached hydrogens (primary N) is 3. The molecule has 6 amide bonds. The Balaban J connectivity index is 1.44. The molecular weight excluding hydrogens is 811 g/mol. The fourth-order valence-electron chi connectivity index (χ4n) is 8.32. The number of benzene rings is 4. The van der Waals surface area contributed by atoms with Crippen LogP contribution in [0.25, 0.3) is 10.8 Å². The summed E-state index contributed by atoms with van der Waals surface area (Å²) in [5, 5.41) is 13.5. The van der Waals surface area contributed by atoms with Crippen LogP contribution in [0.1, 0.15) is 87.3 Å². The fraction of sp³-hybridized carbons (Fsp3) is 0.408. The molecule has 0 aromatic heterocycles. The zero-order valence-corrected chi connectivity index (χ0v) is 36.9. The third kappa shape index (κ3) is 13.9. The Morgan fingerprint density at radius 1 is 0.750 bits per heavy atom. The average molecular weight is 874 g/mol. The van der Waals surface area contributed by atoms with Gasteiger partial charge in [0.2, 0.25) is 35.4 Å². The number of hydrogen-bond acceptors (Lipinski definition) is 7. The van der Waals surface area contributed by atoms with Crippen LogP contribution in [0.5, 0.6) is 0 Å². The highest BCUT2D eigenvalue weighted by molar-refractivity contribution is 5.97. The molecule has 4 aromatic rings. The van der Waals surface area contributed by atoms with Crippen molar-refractivity contribution in [3.05, 3.63) is 120 Å². The molecule has 1 aliphatic rings. The van der Waals surface area contributed by atoms with Gasteiger partial charge in [-0.1, -0.05) is 116 Å². The zero-order chi connectivity index (χ0) is 46.1. The smallest absolute Gasteiger partial charge is 0.246 e. The lowest BCUT2D eigenvalue weighted by Gasteiger charge is -2.40. The molecule has 340 valence electrons. The van der Waals surface area contributed by atoms with E-state index in [0.29, 0.717) is 32.1 Å². The topological polar surface area (TPSA) is 244 Å². The number of carbonyl (C=O) groups is 6. The first kappa shape index (κ1) is 48.3. The van der Waals surface area contributed by atoms with Gasteiger partial charge >= 0.3 is 0 Å². The third-order valence-corrected chi connectivity index (χ3v) is 11.9. The molecule has 0 heterocycles. The maximum absolute atomic E-state index is 14.7. The molecular formula is C49H63N9O6. The van der Waals surface area contributed by atoms with Gasteiger partial charge in [0.05, 0.1) is 6.54 Å². The highest BCUT2D eigenvalue weighted by atomic mass is 16.2. The normalized spacial score (nSPS) is 17.2. The average Bonchev–Trinajstić information content (AvgIpc) is 3.30. The van der Waals surface area contributed by atoms with E-state index >= 15 is 0 Å². The molecule has 15 nitrogen and oxygen atoms in total. The molecule has 1 aliphatic carbocycles. The number of hydrogen-bond donors (Lipinski definition) is 7. The molecule has 10 N–H and O–H groups in total. The van der Waals surface area contributed by atoms with Crippen LogP contribution in [0.3, 0.4) is 0 Å². The van der Waals surface area contributed by atoms with E-state index in [1.807, 2.05) is 97.9 Å². The number of unbranched alkanes of at least 4 members (excludes halogenated alkanes) is 1. The number of likely N-dealkylation sites (N-methyl/N-ethyl adjacent to an activating group) is 1. The number of nitrogens with one attached hydrogen (secondary N) is 4. The summed E-state index contributed by atoms with van der Waals surface area (Å²) in [5.74, 6) is -3.25. The van der Waals surface area contributed by atoms with E-state index < -0.39 is 59.7 Å². The van der Waals surface area contributed by atoms with Gasteiger partial charge in [0, 0.05) is 32.9 Å². The van der Waals surface area contributed by atoms with E-state index in [1.165, 1.54) is 17.5 Å². The molecule has 0 radical (unpaired) electrons. The lowest BCUT2D eigenvalue weighted by atomic mass is 9.73. The summed E-state index contributed by atoms with van der Waals surface area (Å²) in [6.45, 7) is 1.70. The van der Waals surface area contributed by atoms with Gasteiger partial charge in [0.25, 0.3) is 0 Å². The standard InChI is InChI=1S/C49H63N9O6/c1-3-4-21-43(60)57-49(26-24-37(25-27-49)35-16-9-6-10-17-35)47(64)56-40(30-33-14-7-5-8-15-33)44(61)55-39(20-13-28-53-48(51)52)46(63)58(2)41(45(62)54-32-42(50)59)31-34-22-23-36-18-11-12-19-38(36)29-34/h5-12,14-19,22-23,29,37,39-41H,3-4,13,20-21,24-28,30-32H2,1-2H3,(H2,50,59)(H,54,62)(H,55,61)(H,56,64)(H,57,60)(H4,51,52,53). The first-order chi connectivity index (χ1) is 30.8. The molecule has 5 rings (SSSR count). The third-order valence-electron chi connectivity index (χ3n) is 11.9. The second-order valence-electron chi connectivity index (χ2n) is 16.7. The fourth-order valence-corrected chi connectivity index (χ4v) is 8.32. The first-order valence-electron chi connectivity index (χ1n) is 22.2. The lowest BCUT2D eigenvalue weighted by Crippen LogP contribution is -2.64. The Morgan fingerprint density at radius 3 is 2.06 bits per heavy atom. The van der Waals surface area contributed by atoms with E-state index in [-0.39, 0.29) is 56.4 Å². The number of nitrogens with zero attached hydrogens (tertiary/aromatic N) is 2.